The van der Waals surface area contributed by atoms with Gasteiger partial charge >= 0.3 is 6.18 Å². The van der Waals surface area contributed by atoms with Gasteiger partial charge in [-0.05, 0) is 19.1 Å². The lowest BCUT2D eigenvalue weighted by Crippen LogP contribution is -2.07. The van der Waals surface area contributed by atoms with E-state index in [4.69, 9.17) is 4.74 Å². The van der Waals surface area contributed by atoms with Crippen molar-refractivity contribution >= 4 is 5.82 Å². The van der Waals surface area contributed by atoms with Crippen LogP contribution in [0.1, 0.15) is 12.5 Å². The van der Waals surface area contributed by atoms with Crippen LogP contribution in [0, 0.1) is 0 Å². The first kappa shape index (κ1) is 14.1. The molecular formula is C13H12F3N3O. The monoisotopic (exact) mass is 283 g/mol. The molecule has 0 spiro atoms. The number of para-hydroxylation sites is 1. The smallest absolute Gasteiger partial charge is 0.419 e. The number of anilines is 1. The van der Waals surface area contributed by atoms with Crippen molar-refractivity contribution in [2.24, 2.45) is 0 Å². The molecule has 20 heavy (non-hydrogen) atoms. The Bertz CT molecular complexity index is 587. The van der Waals surface area contributed by atoms with Crippen LogP contribution in [-0.4, -0.2) is 16.5 Å². The summed E-state index contributed by atoms with van der Waals surface area (Å²) >= 11 is 0. The van der Waals surface area contributed by atoms with E-state index in [0.29, 0.717) is 12.4 Å². The molecule has 0 aliphatic rings. The minimum Gasteiger partial charge on any atom is -0.437 e. The number of hydrogen-bond donors (Lipinski definition) is 1. The van der Waals surface area contributed by atoms with Crippen molar-refractivity contribution in [2.75, 3.05) is 11.9 Å². The van der Waals surface area contributed by atoms with Crippen molar-refractivity contribution < 1.29 is 17.9 Å². The predicted octanol–water partition coefficient (Wildman–Crippen LogP) is 3.72. The summed E-state index contributed by atoms with van der Waals surface area (Å²) in [5.41, 5.74) is -0.851. The van der Waals surface area contributed by atoms with E-state index in [2.05, 4.69) is 15.3 Å². The summed E-state index contributed by atoms with van der Waals surface area (Å²) in [7, 11) is 0. The number of hydrogen-bond acceptors (Lipinski definition) is 4. The van der Waals surface area contributed by atoms with E-state index in [-0.39, 0.29) is 11.6 Å². The van der Waals surface area contributed by atoms with Crippen LogP contribution in [0.5, 0.6) is 11.6 Å². The first-order valence-electron chi connectivity index (χ1n) is 5.90. The van der Waals surface area contributed by atoms with E-state index in [0.717, 1.165) is 6.07 Å². The highest BCUT2D eigenvalue weighted by Crippen LogP contribution is 2.37. The fourth-order valence-electron chi connectivity index (χ4n) is 1.57. The van der Waals surface area contributed by atoms with E-state index in [1.165, 1.54) is 30.6 Å². The third kappa shape index (κ3) is 3.37. The first-order valence-corrected chi connectivity index (χ1v) is 5.90. The van der Waals surface area contributed by atoms with Crippen LogP contribution < -0.4 is 10.1 Å². The van der Waals surface area contributed by atoms with Crippen molar-refractivity contribution in [2.45, 2.75) is 13.1 Å². The average Bonchev–Trinajstić information content (AvgIpc) is 2.39. The quantitative estimate of drug-likeness (QED) is 0.929. The third-order valence-corrected chi connectivity index (χ3v) is 2.38. The normalized spacial score (nSPS) is 11.2. The summed E-state index contributed by atoms with van der Waals surface area (Å²) in [6, 6.07) is 4.96. The number of nitrogens with one attached hydrogen (secondary N) is 1. The van der Waals surface area contributed by atoms with Gasteiger partial charge in [0.1, 0.15) is 11.6 Å². The lowest BCUT2D eigenvalue weighted by molar-refractivity contribution is -0.138. The maximum absolute atomic E-state index is 12.8. The highest BCUT2D eigenvalue weighted by atomic mass is 19.4. The first-order chi connectivity index (χ1) is 9.50. The number of rotatable bonds is 4. The Hall–Kier alpha value is -2.31. The lowest BCUT2D eigenvalue weighted by Gasteiger charge is -2.13. The molecule has 0 unspecified atom stereocenters. The Morgan fingerprint density at radius 2 is 1.95 bits per heavy atom. The number of halogens is 3. The molecule has 0 amide bonds. The van der Waals surface area contributed by atoms with Crippen molar-refractivity contribution in [1.29, 1.82) is 0 Å². The summed E-state index contributed by atoms with van der Waals surface area (Å²) < 4.78 is 43.7. The van der Waals surface area contributed by atoms with E-state index in [1.54, 1.807) is 0 Å². The zero-order valence-electron chi connectivity index (χ0n) is 10.6. The standard InChI is InChI=1S/C13H12F3N3O/c1-2-18-11-7-17-8-12(19-11)20-10-6-4-3-5-9(10)13(14,15)16/h3-8H,2H2,1H3,(H,18,19). The topological polar surface area (TPSA) is 47.0 Å². The molecule has 1 aromatic carbocycles. The van der Waals surface area contributed by atoms with Crippen LogP contribution in [0.3, 0.4) is 0 Å². The number of aromatic nitrogens is 2. The van der Waals surface area contributed by atoms with Crippen molar-refractivity contribution in [3.8, 4) is 11.6 Å². The molecule has 0 aliphatic carbocycles. The summed E-state index contributed by atoms with van der Waals surface area (Å²) in [5, 5.41) is 2.90. The molecule has 1 N–H and O–H groups in total. The van der Waals surface area contributed by atoms with Crippen molar-refractivity contribution in [3.05, 3.63) is 42.2 Å². The maximum Gasteiger partial charge on any atom is 0.419 e. The number of nitrogens with zero attached hydrogens (tertiary/aromatic N) is 2. The van der Waals surface area contributed by atoms with Gasteiger partial charge in [0.15, 0.2) is 0 Å². The molecule has 0 saturated heterocycles. The molecule has 2 aromatic rings. The van der Waals surface area contributed by atoms with E-state index >= 15 is 0 Å². The minimum atomic E-state index is -4.48. The fourth-order valence-corrected chi connectivity index (χ4v) is 1.57. The third-order valence-electron chi connectivity index (χ3n) is 2.38. The number of ether oxygens (including phenoxy) is 1. The van der Waals surface area contributed by atoms with Crippen molar-refractivity contribution in [3.63, 3.8) is 0 Å². The van der Waals surface area contributed by atoms with Crippen molar-refractivity contribution in [1.82, 2.24) is 9.97 Å². The second-order valence-corrected chi connectivity index (χ2v) is 3.87. The SMILES string of the molecule is CCNc1cncc(Oc2ccccc2C(F)(F)F)n1. The van der Waals surface area contributed by atoms with Crippen LogP contribution in [0.25, 0.3) is 0 Å². The van der Waals surface area contributed by atoms with Gasteiger partial charge in [-0.3, -0.25) is 4.98 Å². The van der Waals surface area contributed by atoms with Gasteiger partial charge in [-0.25, -0.2) is 0 Å². The molecule has 4 nitrogen and oxygen atoms in total. The molecule has 7 heteroatoms. The molecule has 1 aromatic heterocycles. The van der Waals surface area contributed by atoms with Gasteiger partial charge in [0, 0.05) is 6.54 Å². The van der Waals surface area contributed by atoms with Crippen LogP contribution in [0.2, 0.25) is 0 Å². The van der Waals surface area contributed by atoms with Crippen LogP contribution >= 0.6 is 0 Å². The maximum atomic E-state index is 12.8. The number of benzene rings is 1. The van der Waals surface area contributed by atoms with E-state index in [1.807, 2.05) is 6.92 Å². The molecule has 0 saturated carbocycles. The molecule has 1 heterocycles. The highest BCUT2D eigenvalue weighted by Gasteiger charge is 2.34. The molecule has 0 atom stereocenters. The molecule has 0 aliphatic heterocycles. The summed E-state index contributed by atoms with van der Waals surface area (Å²) in [4.78, 5) is 7.88. The number of alkyl halides is 3. The fraction of sp³-hybridized carbons (Fsp3) is 0.231. The van der Waals surface area contributed by atoms with Crippen LogP contribution in [0.15, 0.2) is 36.7 Å². The van der Waals surface area contributed by atoms with Gasteiger partial charge in [0.05, 0.1) is 18.0 Å². The van der Waals surface area contributed by atoms with Gasteiger partial charge in [-0.2, -0.15) is 18.2 Å². The van der Waals surface area contributed by atoms with Gasteiger partial charge in [-0.1, -0.05) is 12.1 Å². The summed E-state index contributed by atoms with van der Waals surface area (Å²) in [5.74, 6) is 0.137. The Morgan fingerprint density at radius 3 is 2.65 bits per heavy atom. The molecule has 106 valence electrons. The molecule has 0 fully saturated rings. The van der Waals surface area contributed by atoms with Gasteiger partial charge in [-0.15, -0.1) is 0 Å². The van der Waals surface area contributed by atoms with Crippen LogP contribution in [-0.2, 0) is 6.18 Å². The van der Waals surface area contributed by atoms with Gasteiger partial charge in [0.2, 0.25) is 5.88 Å². The zero-order valence-corrected chi connectivity index (χ0v) is 10.6. The second kappa shape index (κ2) is 5.77. The van der Waals surface area contributed by atoms with E-state index < -0.39 is 11.7 Å². The Morgan fingerprint density at radius 1 is 1.20 bits per heavy atom. The van der Waals surface area contributed by atoms with Gasteiger partial charge < -0.3 is 10.1 Å². The largest absolute Gasteiger partial charge is 0.437 e. The molecule has 0 bridgehead atoms. The van der Waals surface area contributed by atoms with E-state index in [9.17, 15) is 13.2 Å². The lowest BCUT2D eigenvalue weighted by atomic mass is 10.2. The Balaban J connectivity index is 2.28. The molecule has 2 rings (SSSR count). The molecular weight excluding hydrogens is 271 g/mol. The Kier molecular flexibility index (Phi) is 4.07. The highest BCUT2D eigenvalue weighted by molar-refractivity contribution is 5.39. The summed E-state index contributed by atoms with van der Waals surface area (Å²) in [6.45, 7) is 2.49. The van der Waals surface area contributed by atoms with Crippen LogP contribution in [0.4, 0.5) is 19.0 Å². The average molecular weight is 283 g/mol. The summed E-state index contributed by atoms with van der Waals surface area (Å²) in [6.07, 6.45) is -1.76. The van der Waals surface area contributed by atoms with Gasteiger partial charge in [0.25, 0.3) is 0 Å². The zero-order chi connectivity index (χ0) is 14.6. The molecule has 0 radical (unpaired) electrons. The second-order valence-electron chi connectivity index (χ2n) is 3.87. The predicted molar refractivity (Wildman–Crippen MR) is 67.7 cm³/mol. The Labute approximate surface area is 113 Å². The minimum absolute atomic E-state index is 0.000139.